The average molecular weight is 454 g/mol. The van der Waals surface area contributed by atoms with Gasteiger partial charge in [-0.1, -0.05) is 23.7 Å². The summed E-state index contributed by atoms with van der Waals surface area (Å²) >= 11 is 6.16. The number of methoxy groups -OCH3 is 1. The topological polar surface area (TPSA) is 77.1 Å². The molecule has 0 aliphatic carbocycles. The van der Waals surface area contributed by atoms with Gasteiger partial charge in [-0.3, -0.25) is 0 Å². The Hall–Kier alpha value is -2.88. The lowest BCUT2D eigenvalue weighted by Crippen LogP contribution is -2.29. The van der Waals surface area contributed by atoms with Gasteiger partial charge in [-0.25, -0.2) is 9.78 Å². The summed E-state index contributed by atoms with van der Waals surface area (Å²) in [5.74, 6) is -0.495. The molecule has 0 amide bonds. The van der Waals surface area contributed by atoms with Crippen LogP contribution in [-0.4, -0.2) is 28.2 Å². The second-order valence-corrected chi connectivity index (χ2v) is 9.22. The Kier molecular flexibility index (Phi) is 6.64. The molecule has 3 aromatic rings. The number of benzene rings is 1. The van der Waals surface area contributed by atoms with Crippen LogP contribution in [0, 0.1) is 32.1 Å². The number of rotatable bonds is 5. The van der Waals surface area contributed by atoms with Crippen molar-refractivity contribution in [1.29, 1.82) is 5.26 Å². The first-order chi connectivity index (χ1) is 15.0. The van der Waals surface area contributed by atoms with Crippen molar-refractivity contribution in [3.05, 3.63) is 51.8 Å². The third-order valence-electron chi connectivity index (χ3n) is 5.50. The molecule has 2 heterocycles. The highest BCUT2D eigenvalue weighted by atomic mass is 35.5. The predicted molar refractivity (Wildman–Crippen MR) is 126 cm³/mol. The maximum Gasteiger partial charge on any atom is 0.339 e. The van der Waals surface area contributed by atoms with Crippen LogP contribution in [0.1, 0.15) is 49.4 Å². The highest BCUT2D eigenvalue weighted by Gasteiger charge is 2.34. The van der Waals surface area contributed by atoms with Gasteiger partial charge in [-0.15, -0.1) is 0 Å². The molecule has 2 aromatic heterocycles. The van der Waals surface area contributed by atoms with Crippen LogP contribution in [0.5, 0.6) is 0 Å². The third kappa shape index (κ3) is 4.36. The number of nitrogens with zero attached hydrogens (tertiary/aromatic N) is 3. The van der Waals surface area contributed by atoms with Gasteiger partial charge < -0.3 is 14.0 Å². The zero-order valence-corrected chi connectivity index (χ0v) is 20.3. The van der Waals surface area contributed by atoms with Gasteiger partial charge in [-0.05, 0) is 64.8 Å². The molecule has 0 aliphatic rings. The van der Waals surface area contributed by atoms with Crippen LogP contribution >= 0.6 is 11.6 Å². The smallest absolute Gasteiger partial charge is 0.339 e. The van der Waals surface area contributed by atoms with Crippen molar-refractivity contribution >= 4 is 28.6 Å². The number of hydrogen-bond acceptors (Lipinski definition) is 5. The van der Waals surface area contributed by atoms with E-state index in [2.05, 4.69) is 6.07 Å². The van der Waals surface area contributed by atoms with Crippen molar-refractivity contribution in [2.24, 2.45) is 0 Å². The number of carbonyl (C=O) groups is 1. The van der Waals surface area contributed by atoms with E-state index < -0.39 is 17.7 Å². The van der Waals surface area contributed by atoms with E-state index in [4.69, 9.17) is 26.1 Å². The number of nitriles is 1. The minimum Gasteiger partial charge on any atom is -0.467 e. The van der Waals surface area contributed by atoms with Crippen molar-refractivity contribution in [2.45, 2.75) is 59.8 Å². The number of pyridine rings is 1. The van der Waals surface area contributed by atoms with Gasteiger partial charge in [0.25, 0.3) is 0 Å². The first-order valence-electron chi connectivity index (χ1n) is 10.4. The van der Waals surface area contributed by atoms with Crippen molar-refractivity contribution in [2.75, 3.05) is 7.11 Å². The highest BCUT2D eigenvalue weighted by molar-refractivity contribution is 6.30. The highest BCUT2D eigenvalue weighted by Crippen LogP contribution is 2.42. The van der Waals surface area contributed by atoms with Crippen molar-refractivity contribution in [3.63, 3.8) is 0 Å². The van der Waals surface area contributed by atoms with Gasteiger partial charge >= 0.3 is 5.97 Å². The SMILES string of the molecule is COC(=O)C(OC(C)(C)C)c1c(C)nc2c(c(C)c(C)n2CC#N)c1-c1ccc(Cl)cc1. The molecule has 0 radical (unpaired) electrons. The fraction of sp³-hybridized carbons (Fsp3) is 0.400. The maximum absolute atomic E-state index is 12.9. The largest absolute Gasteiger partial charge is 0.467 e. The van der Waals surface area contributed by atoms with Crippen LogP contribution in [0.15, 0.2) is 24.3 Å². The number of ether oxygens (including phenoxy) is 2. The Morgan fingerprint density at radius 1 is 1.22 bits per heavy atom. The molecule has 6 nitrogen and oxygen atoms in total. The van der Waals surface area contributed by atoms with E-state index in [1.54, 1.807) is 0 Å². The molecule has 1 atom stereocenters. The van der Waals surface area contributed by atoms with Crippen molar-refractivity contribution < 1.29 is 14.3 Å². The third-order valence-corrected chi connectivity index (χ3v) is 5.75. The molecular formula is C25H28ClN3O3. The molecule has 7 heteroatoms. The average Bonchev–Trinajstić information content (AvgIpc) is 2.95. The van der Waals surface area contributed by atoms with Gasteiger partial charge in [0.1, 0.15) is 12.2 Å². The minimum absolute atomic E-state index is 0.181. The molecule has 1 unspecified atom stereocenters. The van der Waals surface area contributed by atoms with Gasteiger partial charge in [0.15, 0.2) is 6.10 Å². The summed E-state index contributed by atoms with van der Waals surface area (Å²) in [5.41, 5.74) is 5.05. The van der Waals surface area contributed by atoms with Crippen LogP contribution in [0.25, 0.3) is 22.2 Å². The Morgan fingerprint density at radius 2 is 1.84 bits per heavy atom. The molecule has 0 bridgehead atoms. The normalized spacial score (nSPS) is 12.6. The summed E-state index contributed by atoms with van der Waals surface area (Å²) in [6.07, 6.45) is -0.971. The second kappa shape index (κ2) is 8.93. The Labute approximate surface area is 193 Å². The monoisotopic (exact) mass is 453 g/mol. The van der Waals surface area contributed by atoms with Gasteiger partial charge in [0.2, 0.25) is 0 Å². The fourth-order valence-electron chi connectivity index (χ4n) is 3.98. The lowest BCUT2D eigenvalue weighted by molar-refractivity contribution is -0.164. The second-order valence-electron chi connectivity index (χ2n) is 8.78. The first-order valence-corrected chi connectivity index (χ1v) is 10.8. The summed E-state index contributed by atoms with van der Waals surface area (Å²) in [6, 6.07) is 9.68. The number of halogens is 1. The molecule has 168 valence electrons. The number of fused-ring (bicyclic) bond motifs is 1. The lowest BCUT2D eigenvalue weighted by atomic mass is 9.91. The molecule has 0 aliphatic heterocycles. The van der Waals surface area contributed by atoms with Crippen LogP contribution in [0.4, 0.5) is 0 Å². The first kappa shape index (κ1) is 23.8. The number of aryl methyl sites for hydroxylation is 2. The number of carbonyl (C=O) groups excluding carboxylic acids is 1. The predicted octanol–water partition coefficient (Wildman–Crippen LogP) is 5.83. The number of aromatic nitrogens is 2. The van der Waals surface area contributed by atoms with Crippen molar-refractivity contribution in [1.82, 2.24) is 9.55 Å². The molecule has 0 saturated heterocycles. The van der Waals surface area contributed by atoms with E-state index in [1.165, 1.54) is 7.11 Å². The van der Waals surface area contributed by atoms with Crippen LogP contribution < -0.4 is 0 Å². The molecule has 0 fully saturated rings. The molecule has 3 rings (SSSR count). The zero-order chi connectivity index (χ0) is 23.8. The Morgan fingerprint density at radius 3 is 2.38 bits per heavy atom. The van der Waals surface area contributed by atoms with Crippen LogP contribution in [0.2, 0.25) is 5.02 Å². The number of hydrogen-bond donors (Lipinski definition) is 0. The molecular weight excluding hydrogens is 426 g/mol. The van der Waals surface area contributed by atoms with E-state index in [0.29, 0.717) is 21.9 Å². The molecule has 0 N–H and O–H groups in total. The van der Waals surface area contributed by atoms with Gasteiger partial charge in [0, 0.05) is 32.9 Å². The maximum atomic E-state index is 12.9. The minimum atomic E-state index is -0.971. The summed E-state index contributed by atoms with van der Waals surface area (Å²) < 4.78 is 13.2. The van der Waals surface area contributed by atoms with Gasteiger partial charge in [0.05, 0.1) is 18.8 Å². The quantitative estimate of drug-likeness (QED) is 0.454. The zero-order valence-electron chi connectivity index (χ0n) is 19.5. The number of esters is 1. The van der Waals surface area contributed by atoms with Crippen LogP contribution in [0.3, 0.4) is 0 Å². The van der Waals surface area contributed by atoms with E-state index in [0.717, 1.165) is 27.8 Å². The summed E-state index contributed by atoms with van der Waals surface area (Å²) in [4.78, 5) is 17.8. The Balaban J connectivity index is 2.50. The van der Waals surface area contributed by atoms with E-state index in [1.807, 2.05) is 70.4 Å². The van der Waals surface area contributed by atoms with E-state index in [9.17, 15) is 10.1 Å². The summed E-state index contributed by atoms with van der Waals surface area (Å²) in [5, 5.41) is 10.9. The van der Waals surface area contributed by atoms with E-state index >= 15 is 0 Å². The van der Waals surface area contributed by atoms with E-state index in [-0.39, 0.29) is 6.54 Å². The molecule has 32 heavy (non-hydrogen) atoms. The fourth-order valence-corrected chi connectivity index (χ4v) is 4.11. The molecule has 0 saturated carbocycles. The summed E-state index contributed by atoms with van der Waals surface area (Å²) in [6.45, 7) is 11.7. The van der Waals surface area contributed by atoms with Crippen molar-refractivity contribution in [3.8, 4) is 17.2 Å². The molecule has 1 aromatic carbocycles. The summed E-state index contributed by atoms with van der Waals surface area (Å²) in [7, 11) is 1.35. The van der Waals surface area contributed by atoms with Crippen LogP contribution in [-0.2, 0) is 20.8 Å². The standard InChI is InChI=1S/C25H28ClN3O3/c1-14-16(3)29(13-12-27)23-19(14)21(17-8-10-18(26)11-9-17)20(15(2)28-23)22(24(30)31-7)32-25(4,5)6/h8-11,22H,13H2,1-7H3. The Bertz CT molecular complexity index is 1210. The lowest BCUT2D eigenvalue weighted by Gasteiger charge is -2.28. The molecule has 0 spiro atoms. The van der Waals surface area contributed by atoms with Gasteiger partial charge in [-0.2, -0.15) is 5.26 Å².